The van der Waals surface area contributed by atoms with Crippen LogP contribution in [0.2, 0.25) is 0 Å². The molecule has 0 aromatic carbocycles. The van der Waals surface area contributed by atoms with Gasteiger partial charge >= 0.3 is 0 Å². The lowest BCUT2D eigenvalue weighted by Gasteiger charge is -2.23. The van der Waals surface area contributed by atoms with Crippen molar-refractivity contribution < 1.29 is 0 Å². The van der Waals surface area contributed by atoms with E-state index < -0.39 is 0 Å². The molecule has 0 aliphatic carbocycles. The number of hydrogen-bond donors (Lipinski definition) is 1. The number of nitrogens with zero attached hydrogens (tertiary/aromatic N) is 4. The summed E-state index contributed by atoms with van der Waals surface area (Å²) in [6.45, 7) is 0.854. The Kier molecular flexibility index (Phi) is 2.46. The van der Waals surface area contributed by atoms with Gasteiger partial charge in [0.1, 0.15) is 28.8 Å². The van der Waals surface area contributed by atoms with Crippen molar-refractivity contribution in [2.45, 2.75) is 0 Å². The van der Waals surface area contributed by atoms with Crippen molar-refractivity contribution in [3.8, 4) is 6.07 Å². The molecule has 0 spiro atoms. The molecule has 0 radical (unpaired) electrons. The summed E-state index contributed by atoms with van der Waals surface area (Å²) in [6.07, 6.45) is 5.23. The third-order valence-electron chi connectivity index (χ3n) is 2.58. The Hall–Kier alpha value is -2.00. The van der Waals surface area contributed by atoms with Crippen LogP contribution in [-0.4, -0.2) is 27.2 Å². The van der Waals surface area contributed by atoms with Gasteiger partial charge in [-0.2, -0.15) is 5.26 Å². The Labute approximate surface area is 102 Å². The van der Waals surface area contributed by atoms with E-state index in [1.165, 1.54) is 6.33 Å². The lowest BCUT2D eigenvalue weighted by molar-refractivity contribution is 0.981. The highest BCUT2D eigenvalue weighted by molar-refractivity contribution is 8.03. The Morgan fingerprint density at radius 3 is 3.29 bits per heavy atom. The SMILES string of the molecule is N#CC1=CN(c2ncnc3[nH]ccc23)CCS1. The van der Waals surface area contributed by atoms with Gasteiger partial charge in [-0.05, 0) is 6.07 Å². The highest BCUT2D eigenvalue weighted by Crippen LogP contribution is 2.28. The molecule has 2 aromatic heterocycles. The van der Waals surface area contributed by atoms with Crippen molar-refractivity contribution in [2.24, 2.45) is 0 Å². The van der Waals surface area contributed by atoms with E-state index in [1.807, 2.05) is 23.4 Å². The number of thioether (sulfide) groups is 1. The van der Waals surface area contributed by atoms with E-state index in [9.17, 15) is 0 Å². The number of nitriles is 1. The van der Waals surface area contributed by atoms with Crippen LogP contribution in [0.4, 0.5) is 5.82 Å². The lowest BCUT2D eigenvalue weighted by atomic mass is 10.3. The van der Waals surface area contributed by atoms with Crippen molar-refractivity contribution >= 4 is 28.6 Å². The fourth-order valence-electron chi connectivity index (χ4n) is 1.81. The van der Waals surface area contributed by atoms with Crippen LogP contribution in [0.1, 0.15) is 0 Å². The minimum absolute atomic E-state index is 0.721. The average Bonchev–Trinajstić information content (AvgIpc) is 2.87. The van der Waals surface area contributed by atoms with E-state index in [4.69, 9.17) is 5.26 Å². The van der Waals surface area contributed by atoms with Crippen LogP contribution >= 0.6 is 11.8 Å². The first kappa shape index (κ1) is 10.2. The van der Waals surface area contributed by atoms with Crippen molar-refractivity contribution in [1.82, 2.24) is 15.0 Å². The third kappa shape index (κ3) is 1.74. The lowest BCUT2D eigenvalue weighted by Crippen LogP contribution is -2.24. The molecule has 0 bridgehead atoms. The van der Waals surface area contributed by atoms with Gasteiger partial charge in [-0.25, -0.2) is 9.97 Å². The minimum atomic E-state index is 0.721. The standard InChI is InChI=1S/C11H9N5S/c12-5-8-6-16(3-4-17-8)11-9-1-2-13-10(9)14-7-15-11/h1-2,6-7H,3-4H2,(H,13,14,15). The summed E-state index contributed by atoms with van der Waals surface area (Å²) in [5, 5.41) is 9.90. The summed E-state index contributed by atoms with van der Waals surface area (Å²) in [7, 11) is 0. The fraction of sp³-hybridized carbons (Fsp3) is 0.182. The molecule has 0 atom stereocenters. The smallest absolute Gasteiger partial charge is 0.145 e. The molecule has 3 heterocycles. The summed E-state index contributed by atoms with van der Waals surface area (Å²) in [6, 6.07) is 4.13. The molecule has 1 aliphatic heterocycles. The summed E-state index contributed by atoms with van der Waals surface area (Å²) < 4.78 is 0. The number of hydrogen-bond acceptors (Lipinski definition) is 5. The number of fused-ring (bicyclic) bond motifs is 1. The second-order valence-corrected chi connectivity index (χ2v) is 4.72. The van der Waals surface area contributed by atoms with E-state index >= 15 is 0 Å². The van der Waals surface area contributed by atoms with E-state index in [1.54, 1.807) is 11.8 Å². The third-order valence-corrected chi connectivity index (χ3v) is 3.47. The number of anilines is 1. The molecule has 3 rings (SSSR count). The summed E-state index contributed by atoms with van der Waals surface area (Å²) in [4.78, 5) is 14.2. The number of aromatic nitrogens is 3. The second kappa shape index (κ2) is 4.11. The summed E-state index contributed by atoms with van der Waals surface area (Å²) in [5.41, 5.74) is 0.820. The molecule has 84 valence electrons. The summed E-state index contributed by atoms with van der Waals surface area (Å²) >= 11 is 1.58. The Morgan fingerprint density at radius 1 is 1.47 bits per heavy atom. The molecule has 6 heteroatoms. The zero-order chi connectivity index (χ0) is 11.7. The molecule has 1 N–H and O–H groups in total. The molecule has 17 heavy (non-hydrogen) atoms. The number of allylic oxidation sites excluding steroid dienone is 1. The molecule has 0 amide bonds. The molecule has 0 saturated heterocycles. The predicted octanol–water partition coefficient (Wildman–Crippen LogP) is 1.88. The van der Waals surface area contributed by atoms with Gasteiger partial charge in [0.15, 0.2) is 0 Å². The monoisotopic (exact) mass is 243 g/mol. The Balaban J connectivity index is 2.10. The van der Waals surface area contributed by atoms with E-state index in [0.29, 0.717) is 0 Å². The van der Waals surface area contributed by atoms with Gasteiger partial charge < -0.3 is 9.88 Å². The minimum Gasteiger partial charge on any atom is -0.346 e. The van der Waals surface area contributed by atoms with Crippen LogP contribution in [0.3, 0.4) is 0 Å². The maximum Gasteiger partial charge on any atom is 0.145 e. The highest BCUT2D eigenvalue weighted by atomic mass is 32.2. The molecule has 5 nitrogen and oxygen atoms in total. The van der Waals surface area contributed by atoms with E-state index in [-0.39, 0.29) is 0 Å². The number of nitrogens with one attached hydrogen (secondary N) is 1. The molecular formula is C11H9N5S. The van der Waals surface area contributed by atoms with Gasteiger partial charge in [0.05, 0.1) is 5.39 Å². The first-order chi connectivity index (χ1) is 8.38. The van der Waals surface area contributed by atoms with Gasteiger partial charge in [-0.3, -0.25) is 0 Å². The van der Waals surface area contributed by atoms with Gasteiger partial charge in [0, 0.05) is 24.7 Å². The molecule has 0 fully saturated rings. The van der Waals surface area contributed by atoms with Gasteiger partial charge in [0.25, 0.3) is 0 Å². The van der Waals surface area contributed by atoms with Gasteiger partial charge in [-0.15, -0.1) is 11.8 Å². The molecule has 2 aromatic rings. The Morgan fingerprint density at radius 2 is 2.41 bits per heavy atom. The van der Waals surface area contributed by atoms with Crippen LogP contribution in [-0.2, 0) is 0 Å². The quantitative estimate of drug-likeness (QED) is 0.828. The largest absolute Gasteiger partial charge is 0.346 e. The van der Waals surface area contributed by atoms with Crippen LogP contribution < -0.4 is 4.90 Å². The van der Waals surface area contributed by atoms with Crippen molar-refractivity contribution in [3.05, 3.63) is 29.7 Å². The van der Waals surface area contributed by atoms with E-state index in [0.717, 1.165) is 34.1 Å². The maximum absolute atomic E-state index is 8.92. The highest BCUT2D eigenvalue weighted by Gasteiger charge is 2.16. The van der Waals surface area contributed by atoms with E-state index in [2.05, 4.69) is 21.0 Å². The van der Waals surface area contributed by atoms with Crippen molar-refractivity contribution in [2.75, 3.05) is 17.2 Å². The van der Waals surface area contributed by atoms with Gasteiger partial charge in [0.2, 0.25) is 0 Å². The number of aromatic amines is 1. The van der Waals surface area contributed by atoms with Crippen molar-refractivity contribution in [1.29, 1.82) is 5.26 Å². The Bertz CT molecular complexity index is 624. The van der Waals surface area contributed by atoms with Crippen LogP contribution in [0.15, 0.2) is 29.7 Å². The number of H-pyrrole nitrogens is 1. The van der Waals surface area contributed by atoms with Crippen LogP contribution in [0.25, 0.3) is 11.0 Å². The van der Waals surface area contributed by atoms with Gasteiger partial charge in [-0.1, -0.05) is 0 Å². The maximum atomic E-state index is 8.92. The topological polar surface area (TPSA) is 68.6 Å². The first-order valence-electron chi connectivity index (χ1n) is 5.18. The molecule has 0 saturated carbocycles. The first-order valence-corrected chi connectivity index (χ1v) is 6.16. The number of rotatable bonds is 1. The fourth-order valence-corrected chi connectivity index (χ4v) is 2.59. The second-order valence-electron chi connectivity index (χ2n) is 3.58. The predicted molar refractivity (Wildman–Crippen MR) is 67.4 cm³/mol. The summed E-state index contributed by atoms with van der Waals surface area (Å²) in [5.74, 6) is 1.75. The van der Waals surface area contributed by atoms with Crippen molar-refractivity contribution in [3.63, 3.8) is 0 Å². The normalized spacial score (nSPS) is 15.7. The van der Waals surface area contributed by atoms with Crippen LogP contribution in [0, 0.1) is 11.3 Å². The van der Waals surface area contributed by atoms with Crippen LogP contribution in [0.5, 0.6) is 0 Å². The molecule has 1 aliphatic rings. The molecule has 0 unspecified atom stereocenters. The zero-order valence-electron chi connectivity index (χ0n) is 8.92. The zero-order valence-corrected chi connectivity index (χ0v) is 9.74. The average molecular weight is 243 g/mol. The molecular weight excluding hydrogens is 234 g/mol.